The van der Waals surface area contributed by atoms with Crippen molar-refractivity contribution < 1.29 is 13.2 Å². The average molecular weight is 270 g/mol. The van der Waals surface area contributed by atoms with Gasteiger partial charge in [0.15, 0.2) is 0 Å². The first-order chi connectivity index (χ1) is 6.39. The lowest BCUT2D eigenvalue weighted by Gasteiger charge is -2.06. The number of halogens is 4. The zero-order chi connectivity index (χ0) is 11.4. The van der Waals surface area contributed by atoms with E-state index < -0.39 is 11.7 Å². The number of hydrogen-bond donors (Lipinski definition) is 0. The second-order valence-electron chi connectivity index (χ2n) is 2.32. The maximum Gasteiger partial charge on any atom is 0.416 e. The smallest absolute Gasteiger partial charge is 0.246 e. The van der Waals surface area contributed by atoms with E-state index in [9.17, 15) is 13.2 Å². The fourth-order valence-electron chi connectivity index (χ4n) is 0.792. The number of aryl methyl sites for hydroxylation is 1. The lowest BCUT2D eigenvalue weighted by molar-refractivity contribution is -0.137. The fourth-order valence-corrected chi connectivity index (χ4v) is 1.32. The van der Waals surface area contributed by atoms with Crippen LogP contribution in [0.4, 0.5) is 13.2 Å². The van der Waals surface area contributed by atoms with Crippen molar-refractivity contribution in [3.63, 3.8) is 0 Å². The molecule has 0 bridgehead atoms. The molecule has 0 saturated carbocycles. The number of hydrogen-bond acceptors (Lipinski definition) is 1. The van der Waals surface area contributed by atoms with Gasteiger partial charge in [0.2, 0.25) is 0 Å². The highest BCUT2D eigenvalue weighted by atomic mass is 79.9. The van der Waals surface area contributed by atoms with E-state index in [-0.39, 0.29) is 4.60 Å². The fraction of sp³-hybridized carbons (Fsp3) is 0.444. The molecule has 0 aliphatic rings. The van der Waals surface area contributed by atoms with E-state index in [2.05, 4.69) is 20.9 Å². The van der Waals surface area contributed by atoms with Crippen LogP contribution in [-0.4, -0.2) is 4.98 Å². The second-order valence-corrected chi connectivity index (χ2v) is 3.13. The van der Waals surface area contributed by atoms with Crippen molar-refractivity contribution in [1.29, 1.82) is 0 Å². The van der Waals surface area contributed by atoms with Gasteiger partial charge in [-0.2, -0.15) is 13.2 Å². The van der Waals surface area contributed by atoms with E-state index >= 15 is 0 Å². The van der Waals surface area contributed by atoms with Crippen molar-refractivity contribution in [3.05, 3.63) is 28.0 Å². The summed E-state index contributed by atoms with van der Waals surface area (Å²) < 4.78 is 36.5. The normalized spacial score (nSPS) is 10.5. The van der Waals surface area contributed by atoms with Crippen molar-refractivity contribution in [1.82, 2.24) is 4.98 Å². The van der Waals surface area contributed by atoms with Crippen LogP contribution in [0.1, 0.15) is 25.1 Å². The summed E-state index contributed by atoms with van der Waals surface area (Å²) in [4.78, 5) is 3.76. The van der Waals surface area contributed by atoms with Gasteiger partial charge in [-0.25, -0.2) is 4.98 Å². The van der Waals surface area contributed by atoms with Crippen molar-refractivity contribution in [2.45, 2.75) is 26.9 Å². The minimum atomic E-state index is -4.30. The molecule has 0 aliphatic heterocycles. The third-order valence-corrected chi connectivity index (χ3v) is 1.66. The molecule has 0 saturated heterocycles. The molecule has 1 aromatic heterocycles. The van der Waals surface area contributed by atoms with Gasteiger partial charge < -0.3 is 0 Å². The Balaban J connectivity index is 0.000000791. The van der Waals surface area contributed by atoms with Crippen molar-refractivity contribution in [2.24, 2.45) is 0 Å². The molecule has 0 amide bonds. The summed E-state index contributed by atoms with van der Waals surface area (Å²) in [6, 6.07) is 1.96. The van der Waals surface area contributed by atoms with E-state index in [4.69, 9.17) is 0 Å². The number of pyridine rings is 1. The summed E-state index contributed by atoms with van der Waals surface area (Å²) in [5, 5.41) is 0. The molecular formula is C9H11BrF3N. The monoisotopic (exact) mass is 269 g/mol. The third kappa shape index (κ3) is 4.09. The first-order valence-electron chi connectivity index (χ1n) is 4.11. The van der Waals surface area contributed by atoms with Crippen LogP contribution >= 0.6 is 15.9 Å². The van der Waals surface area contributed by atoms with Gasteiger partial charge in [-0.15, -0.1) is 0 Å². The van der Waals surface area contributed by atoms with Gasteiger partial charge >= 0.3 is 6.18 Å². The van der Waals surface area contributed by atoms with Gasteiger partial charge in [-0.3, -0.25) is 0 Å². The number of nitrogens with zero attached hydrogens (tertiary/aromatic N) is 1. The third-order valence-electron chi connectivity index (χ3n) is 1.25. The Labute approximate surface area is 89.5 Å². The van der Waals surface area contributed by atoms with E-state index in [0.29, 0.717) is 5.69 Å². The van der Waals surface area contributed by atoms with Crippen LogP contribution in [0.2, 0.25) is 0 Å². The van der Waals surface area contributed by atoms with Crippen LogP contribution in [0.25, 0.3) is 0 Å². The Morgan fingerprint density at radius 1 is 1.21 bits per heavy atom. The molecule has 1 aromatic rings. The molecule has 5 heteroatoms. The average Bonchev–Trinajstić information content (AvgIpc) is 2.04. The lowest BCUT2D eigenvalue weighted by atomic mass is 10.2. The van der Waals surface area contributed by atoms with E-state index in [1.54, 1.807) is 0 Å². The first kappa shape index (κ1) is 13.4. The summed E-state index contributed by atoms with van der Waals surface area (Å²) in [5.74, 6) is 0. The molecule has 1 rings (SSSR count). The highest BCUT2D eigenvalue weighted by Gasteiger charge is 2.30. The van der Waals surface area contributed by atoms with Crippen LogP contribution in [0.3, 0.4) is 0 Å². The zero-order valence-corrected chi connectivity index (χ0v) is 9.70. The van der Waals surface area contributed by atoms with Gasteiger partial charge in [0, 0.05) is 5.69 Å². The van der Waals surface area contributed by atoms with Crippen LogP contribution in [0.5, 0.6) is 0 Å². The molecule has 80 valence electrons. The molecule has 0 aromatic carbocycles. The molecule has 0 radical (unpaired) electrons. The summed E-state index contributed by atoms with van der Waals surface area (Å²) in [5.41, 5.74) is -0.335. The molecule has 0 atom stereocenters. The Morgan fingerprint density at radius 2 is 1.71 bits per heavy atom. The predicted octanol–water partition coefficient (Wildman–Crippen LogP) is 4.20. The molecule has 0 N–H and O–H groups in total. The lowest BCUT2D eigenvalue weighted by Crippen LogP contribution is -2.05. The summed E-state index contributed by atoms with van der Waals surface area (Å²) >= 11 is 2.89. The highest BCUT2D eigenvalue weighted by Crippen LogP contribution is 2.30. The van der Waals surface area contributed by atoms with Gasteiger partial charge in [-0.1, -0.05) is 13.8 Å². The highest BCUT2D eigenvalue weighted by molar-refractivity contribution is 9.10. The quantitative estimate of drug-likeness (QED) is 0.644. The molecule has 0 aliphatic carbocycles. The molecule has 0 fully saturated rings. The number of aromatic nitrogens is 1. The summed E-state index contributed by atoms with van der Waals surface area (Å²) in [6.07, 6.45) is -4.30. The van der Waals surface area contributed by atoms with Crippen molar-refractivity contribution >= 4 is 15.9 Å². The van der Waals surface area contributed by atoms with Crippen LogP contribution in [0.15, 0.2) is 16.7 Å². The summed E-state index contributed by atoms with van der Waals surface area (Å²) in [7, 11) is 0. The minimum absolute atomic E-state index is 0.204. The van der Waals surface area contributed by atoms with Gasteiger partial charge in [0.1, 0.15) is 4.60 Å². The van der Waals surface area contributed by atoms with Gasteiger partial charge in [0.25, 0.3) is 0 Å². The Bertz CT molecular complexity index is 276. The molecule has 0 spiro atoms. The van der Waals surface area contributed by atoms with Crippen LogP contribution in [-0.2, 0) is 6.18 Å². The molecular weight excluding hydrogens is 259 g/mol. The number of alkyl halides is 3. The van der Waals surface area contributed by atoms with Crippen molar-refractivity contribution in [2.75, 3.05) is 0 Å². The van der Waals surface area contributed by atoms with Crippen molar-refractivity contribution in [3.8, 4) is 0 Å². The van der Waals surface area contributed by atoms with Gasteiger partial charge in [0.05, 0.1) is 5.56 Å². The maximum atomic E-state index is 12.1. The standard InChI is InChI=1S/C7H5BrF3N.C2H6/c1-4-2-5(7(9,10)11)3-6(8)12-4;1-2/h2-3H,1H3;1-2H3. The van der Waals surface area contributed by atoms with Crippen LogP contribution in [0, 0.1) is 6.92 Å². The molecule has 0 unspecified atom stereocenters. The Kier molecular flexibility index (Phi) is 5.12. The largest absolute Gasteiger partial charge is 0.416 e. The molecule has 14 heavy (non-hydrogen) atoms. The van der Waals surface area contributed by atoms with E-state index in [1.165, 1.54) is 6.92 Å². The number of rotatable bonds is 0. The van der Waals surface area contributed by atoms with E-state index in [1.807, 2.05) is 13.8 Å². The summed E-state index contributed by atoms with van der Waals surface area (Å²) in [6.45, 7) is 5.51. The van der Waals surface area contributed by atoms with E-state index in [0.717, 1.165) is 12.1 Å². The predicted molar refractivity (Wildman–Crippen MR) is 53.0 cm³/mol. The zero-order valence-electron chi connectivity index (χ0n) is 8.11. The van der Waals surface area contributed by atoms with Crippen LogP contribution < -0.4 is 0 Å². The van der Waals surface area contributed by atoms with Gasteiger partial charge in [-0.05, 0) is 35.0 Å². The first-order valence-corrected chi connectivity index (χ1v) is 4.90. The second kappa shape index (κ2) is 5.34. The Morgan fingerprint density at radius 3 is 2.07 bits per heavy atom. The SMILES string of the molecule is CC.Cc1cc(C(F)(F)F)cc(Br)n1. The maximum absolute atomic E-state index is 12.1. The minimum Gasteiger partial charge on any atom is -0.246 e. The Hall–Kier alpha value is -0.580. The topological polar surface area (TPSA) is 12.9 Å². The molecule has 1 nitrogen and oxygen atoms in total. The molecule has 1 heterocycles.